The summed E-state index contributed by atoms with van der Waals surface area (Å²) in [6.45, 7) is 0.746. The van der Waals surface area contributed by atoms with Crippen molar-refractivity contribution in [1.82, 2.24) is 20.3 Å². The molecule has 0 unspecified atom stereocenters. The van der Waals surface area contributed by atoms with Crippen LogP contribution in [0.3, 0.4) is 0 Å². The first-order valence-electron chi connectivity index (χ1n) is 7.45. The number of carbonyl (C=O) groups is 1. The Labute approximate surface area is 135 Å². The Balaban J connectivity index is 1.83. The molecule has 0 saturated heterocycles. The van der Waals surface area contributed by atoms with E-state index < -0.39 is 23.2 Å². The van der Waals surface area contributed by atoms with Gasteiger partial charge in [0.15, 0.2) is 5.69 Å². The van der Waals surface area contributed by atoms with Gasteiger partial charge in [0.1, 0.15) is 0 Å². The van der Waals surface area contributed by atoms with Crippen molar-refractivity contribution in [2.75, 3.05) is 6.54 Å². The second-order valence-corrected chi connectivity index (χ2v) is 5.74. The summed E-state index contributed by atoms with van der Waals surface area (Å²) < 4.78 is 41.0. The molecule has 1 heterocycles. The molecule has 1 saturated carbocycles. The fourth-order valence-electron chi connectivity index (χ4n) is 2.66. The lowest BCUT2D eigenvalue weighted by Crippen LogP contribution is -2.36. The number of nitrogens with zero attached hydrogens (tertiary/aromatic N) is 3. The normalized spacial score (nSPS) is 16.0. The lowest BCUT2D eigenvalue weighted by Gasteiger charge is -2.22. The third kappa shape index (κ3) is 3.12. The molecule has 0 atom stereocenters. The number of carbonyl (C=O) groups excluding carboxylic acids is 1. The van der Waals surface area contributed by atoms with Crippen LogP contribution in [0.5, 0.6) is 0 Å². The molecular formula is C15H16F3N5O. The Hall–Kier alpha value is -2.42. The summed E-state index contributed by atoms with van der Waals surface area (Å²) in [4.78, 5) is 12.3. The highest BCUT2D eigenvalue weighted by Crippen LogP contribution is 2.49. The largest absolute Gasteiger partial charge is 0.416 e. The van der Waals surface area contributed by atoms with Crippen molar-refractivity contribution in [2.24, 2.45) is 5.73 Å². The minimum atomic E-state index is -4.47. The summed E-state index contributed by atoms with van der Waals surface area (Å²) in [6, 6.07) is 5.30. The Bertz CT molecular complexity index is 752. The fourth-order valence-corrected chi connectivity index (χ4v) is 2.66. The molecule has 0 spiro atoms. The number of hydrogen-bond donors (Lipinski definition) is 2. The highest BCUT2D eigenvalue weighted by molar-refractivity contribution is 5.92. The molecule has 0 radical (unpaired) electrons. The van der Waals surface area contributed by atoms with E-state index >= 15 is 0 Å². The first-order valence-corrected chi connectivity index (χ1v) is 7.45. The Morgan fingerprint density at radius 1 is 1.33 bits per heavy atom. The van der Waals surface area contributed by atoms with Crippen molar-refractivity contribution in [3.63, 3.8) is 0 Å². The van der Waals surface area contributed by atoms with Gasteiger partial charge in [0, 0.05) is 6.54 Å². The van der Waals surface area contributed by atoms with Crippen molar-refractivity contribution in [1.29, 1.82) is 0 Å². The van der Waals surface area contributed by atoms with E-state index in [4.69, 9.17) is 5.73 Å². The standard InChI is InChI=1S/C15H16F3N5O/c16-15(17,18)11-4-2-1-3-10(11)14(5-6-14)20-13(24)12-9-23(8-7-19)22-21-12/h1-4,9H,5-8,19H2,(H,20,24). The van der Waals surface area contributed by atoms with Crippen LogP contribution in [-0.4, -0.2) is 27.4 Å². The van der Waals surface area contributed by atoms with E-state index in [9.17, 15) is 18.0 Å². The molecule has 9 heteroatoms. The number of aromatic nitrogens is 3. The number of nitrogens with one attached hydrogen (secondary N) is 1. The third-order valence-electron chi connectivity index (χ3n) is 3.98. The SMILES string of the molecule is NCCn1cc(C(=O)NC2(c3ccccc3C(F)(F)F)CC2)nn1. The van der Waals surface area contributed by atoms with Crippen molar-refractivity contribution >= 4 is 5.91 Å². The smallest absolute Gasteiger partial charge is 0.341 e. The van der Waals surface area contributed by atoms with Gasteiger partial charge < -0.3 is 11.1 Å². The zero-order valence-electron chi connectivity index (χ0n) is 12.7. The minimum Gasteiger partial charge on any atom is -0.341 e. The number of nitrogens with two attached hydrogens (primary N) is 1. The summed E-state index contributed by atoms with van der Waals surface area (Å²) in [6.07, 6.45) is -2.15. The Morgan fingerprint density at radius 3 is 2.67 bits per heavy atom. The first kappa shape index (κ1) is 16.4. The van der Waals surface area contributed by atoms with Crippen LogP contribution in [0.25, 0.3) is 0 Å². The molecule has 1 aliphatic carbocycles. The van der Waals surface area contributed by atoms with Crippen molar-refractivity contribution in [2.45, 2.75) is 31.1 Å². The average molecular weight is 339 g/mol. The van der Waals surface area contributed by atoms with Gasteiger partial charge in [-0.2, -0.15) is 13.2 Å². The van der Waals surface area contributed by atoms with E-state index in [-0.39, 0.29) is 11.3 Å². The maximum atomic E-state index is 13.2. The van der Waals surface area contributed by atoms with Crippen LogP contribution in [0.2, 0.25) is 0 Å². The number of rotatable bonds is 5. The van der Waals surface area contributed by atoms with E-state index in [0.717, 1.165) is 6.07 Å². The first-order chi connectivity index (χ1) is 11.4. The van der Waals surface area contributed by atoms with E-state index in [1.165, 1.54) is 29.1 Å². The molecule has 1 aromatic heterocycles. The molecule has 0 aliphatic heterocycles. The third-order valence-corrected chi connectivity index (χ3v) is 3.98. The van der Waals surface area contributed by atoms with E-state index in [2.05, 4.69) is 15.6 Å². The van der Waals surface area contributed by atoms with Gasteiger partial charge in [0.2, 0.25) is 0 Å². The number of alkyl halides is 3. The lowest BCUT2D eigenvalue weighted by molar-refractivity contribution is -0.138. The zero-order valence-corrected chi connectivity index (χ0v) is 12.7. The van der Waals surface area contributed by atoms with Crippen LogP contribution in [0, 0.1) is 0 Å². The van der Waals surface area contributed by atoms with Gasteiger partial charge in [0.25, 0.3) is 5.91 Å². The van der Waals surface area contributed by atoms with Crippen LogP contribution in [0.15, 0.2) is 30.5 Å². The maximum Gasteiger partial charge on any atom is 0.416 e. The molecule has 24 heavy (non-hydrogen) atoms. The van der Waals surface area contributed by atoms with Gasteiger partial charge in [-0.15, -0.1) is 5.10 Å². The molecule has 3 rings (SSSR count). The van der Waals surface area contributed by atoms with E-state index in [1.807, 2.05) is 0 Å². The second-order valence-electron chi connectivity index (χ2n) is 5.74. The zero-order chi connectivity index (χ0) is 17.4. The molecule has 1 amide bonds. The average Bonchev–Trinajstić information content (AvgIpc) is 3.15. The van der Waals surface area contributed by atoms with E-state index in [1.54, 1.807) is 0 Å². The van der Waals surface area contributed by atoms with Crippen LogP contribution in [0.1, 0.15) is 34.5 Å². The number of hydrogen-bond acceptors (Lipinski definition) is 4. The fraction of sp³-hybridized carbons (Fsp3) is 0.400. The molecular weight excluding hydrogens is 323 g/mol. The van der Waals surface area contributed by atoms with Gasteiger partial charge in [-0.05, 0) is 24.5 Å². The maximum absolute atomic E-state index is 13.2. The molecule has 6 nitrogen and oxygen atoms in total. The van der Waals surface area contributed by atoms with Gasteiger partial charge in [-0.25, -0.2) is 0 Å². The van der Waals surface area contributed by atoms with Gasteiger partial charge >= 0.3 is 6.18 Å². The van der Waals surface area contributed by atoms with Crippen molar-refractivity contribution < 1.29 is 18.0 Å². The van der Waals surface area contributed by atoms with Crippen LogP contribution in [-0.2, 0) is 18.3 Å². The summed E-state index contributed by atoms with van der Waals surface area (Å²) in [7, 11) is 0. The van der Waals surface area contributed by atoms with Gasteiger partial charge in [-0.1, -0.05) is 23.4 Å². The van der Waals surface area contributed by atoms with Gasteiger partial charge in [-0.3, -0.25) is 9.48 Å². The molecule has 2 aromatic rings. The summed E-state index contributed by atoms with van der Waals surface area (Å²) >= 11 is 0. The van der Waals surface area contributed by atoms with Gasteiger partial charge in [0.05, 0.1) is 23.8 Å². The van der Waals surface area contributed by atoms with Crippen LogP contribution < -0.4 is 11.1 Å². The van der Waals surface area contributed by atoms with Crippen LogP contribution in [0.4, 0.5) is 13.2 Å². The lowest BCUT2D eigenvalue weighted by atomic mass is 9.97. The number of amides is 1. The molecule has 128 valence electrons. The van der Waals surface area contributed by atoms with E-state index in [0.29, 0.717) is 25.9 Å². The summed E-state index contributed by atoms with van der Waals surface area (Å²) in [5.74, 6) is -0.548. The highest BCUT2D eigenvalue weighted by atomic mass is 19.4. The molecule has 1 aromatic carbocycles. The predicted octanol–water partition coefficient (Wildman–Crippen LogP) is 1.67. The molecule has 1 fully saturated rings. The highest BCUT2D eigenvalue weighted by Gasteiger charge is 2.50. The monoisotopic (exact) mass is 339 g/mol. The Morgan fingerprint density at radius 2 is 2.04 bits per heavy atom. The molecule has 1 aliphatic rings. The topological polar surface area (TPSA) is 85.8 Å². The molecule has 0 bridgehead atoms. The van der Waals surface area contributed by atoms with Crippen molar-refractivity contribution in [3.8, 4) is 0 Å². The summed E-state index contributed by atoms with van der Waals surface area (Å²) in [5, 5.41) is 10.2. The second kappa shape index (κ2) is 5.90. The Kier molecular flexibility index (Phi) is 4.04. The minimum absolute atomic E-state index is 0.0548. The van der Waals surface area contributed by atoms with Crippen LogP contribution >= 0.6 is 0 Å². The number of halogens is 3. The predicted molar refractivity (Wildman–Crippen MR) is 78.9 cm³/mol. The summed E-state index contributed by atoms with van der Waals surface area (Å²) in [5.41, 5.74) is 3.81. The van der Waals surface area contributed by atoms with Crippen molar-refractivity contribution in [3.05, 3.63) is 47.3 Å². The molecule has 3 N–H and O–H groups in total. The quantitative estimate of drug-likeness (QED) is 0.868. The number of benzene rings is 1.